The summed E-state index contributed by atoms with van der Waals surface area (Å²) in [5.41, 5.74) is 1.94. The predicted molar refractivity (Wildman–Crippen MR) is 102 cm³/mol. The Labute approximate surface area is 158 Å². The number of nitrogens with one attached hydrogen (secondary N) is 2. The summed E-state index contributed by atoms with van der Waals surface area (Å²) in [6.07, 6.45) is 2.29. The molecule has 0 unspecified atom stereocenters. The van der Waals surface area contributed by atoms with Crippen molar-refractivity contribution in [1.29, 1.82) is 0 Å². The van der Waals surface area contributed by atoms with Crippen molar-refractivity contribution in [3.8, 4) is 0 Å². The second-order valence-electron chi connectivity index (χ2n) is 6.86. The Kier molecular flexibility index (Phi) is 6.08. The number of carboxylic acid groups (broad SMARTS) is 1. The molecule has 0 aromatic heterocycles. The minimum absolute atomic E-state index is 0.227. The third kappa shape index (κ3) is 5.31. The number of carboxylic acids is 1. The minimum Gasteiger partial charge on any atom is -0.478 e. The monoisotopic (exact) mass is 368 g/mol. The number of ether oxygens (including phenoxy) is 1. The lowest BCUT2D eigenvalue weighted by atomic mass is 9.84. The maximum atomic E-state index is 12.5. The highest BCUT2D eigenvalue weighted by molar-refractivity contribution is 5.87. The molecule has 2 amide bonds. The Balaban J connectivity index is 1.60. The minimum atomic E-state index is -0.963. The molecule has 0 radical (unpaired) electrons. The molecule has 1 saturated heterocycles. The van der Waals surface area contributed by atoms with Gasteiger partial charge < -0.3 is 20.5 Å². The van der Waals surface area contributed by atoms with Crippen LogP contribution in [0.3, 0.4) is 0 Å². The standard InChI is InChI=1S/C21H24N2O4/c24-19(25)18-8-6-17(7-9-18)15-22-20(26)23-21(10-12-27-13-11-21)14-16-4-2-1-3-5-16/h1-9H,10-15H2,(H,24,25)(H2,22,23,26). The summed E-state index contributed by atoms with van der Waals surface area (Å²) in [6, 6.07) is 16.4. The molecule has 2 aromatic carbocycles. The van der Waals surface area contributed by atoms with Gasteiger partial charge in [-0.1, -0.05) is 42.5 Å². The van der Waals surface area contributed by atoms with Crippen molar-refractivity contribution in [1.82, 2.24) is 10.6 Å². The van der Waals surface area contributed by atoms with E-state index >= 15 is 0 Å². The van der Waals surface area contributed by atoms with E-state index in [2.05, 4.69) is 22.8 Å². The van der Waals surface area contributed by atoms with Gasteiger partial charge in [0.05, 0.1) is 11.1 Å². The molecule has 6 heteroatoms. The van der Waals surface area contributed by atoms with Crippen LogP contribution in [0, 0.1) is 0 Å². The molecular weight excluding hydrogens is 344 g/mol. The van der Waals surface area contributed by atoms with Crippen molar-refractivity contribution in [2.24, 2.45) is 0 Å². The maximum absolute atomic E-state index is 12.5. The highest BCUT2D eigenvalue weighted by Crippen LogP contribution is 2.25. The van der Waals surface area contributed by atoms with Crippen LogP contribution in [0.5, 0.6) is 0 Å². The molecule has 1 aliphatic heterocycles. The zero-order chi connectivity index (χ0) is 19.1. The van der Waals surface area contributed by atoms with Crippen LogP contribution in [0.2, 0.25) is 0 Å². The van der Waals surface area contributed by atoms with E-state index in [4.69, 9.17) is 9.84 Å². The number of rotatable bonds is 6. The van der Waals surface area contributed by atoms with Crippen LogP contribution in [-0.2, 0) is 17.7 Å². The molecule has 1 heterocycles. The lowest BCUT2D eigenvalue weighted by molar-refractivity contribution is 0.0423. The maximum Gasteiger partial charge on any atom is 0.335 e. The van der Waals surface area contributed by atoms with Crippen LogP contribution in [0.25, 0.3) is 0 Å². The second-order valence-corrected chi connectivity index (χ2v) is 6.86. The highest BCUT2D eigenvalue weighted by Gasteiger charge is 2.34. The van der Waals surface area contributed by atoms with Gasteiger partial charge >= 0.3 is 12.0 Å². The third-order valence-corrected chi connectivity index (χ3v) is 4.87. The van der Waals surface area contributed by atoms with Gasteiger partial charge in [0.25, 0.3) is 0 Å². The van der Waals surface area contributed by atoms with E-state index in [0.29, 0.717) is 19.8 Å². The first kappa shape index (κ1) is 18.9. The summed E-state index contributed by atoms with van der Waals surface area (Å²) in [5, 5.41) is 15.0. The van der Waals surface area contributed by atoms with E-state index in [9.17, 15) is 9.59 Å². The number of amides is 2. The molecule has 2 aromatic rings. The second kappa shape index (κ2) is 8.68. The van der Waals surface area contributed by atoms with Crippen LogP contribution in [0.4, 0.5) is 4.79 Å². The topological polar surface area (TPSA) is 87.7 Å². The van der Waals surface area contributed by atoms with E-state index in [1.807, 2.05) is 18.2 Å². The van der Waals surface area contributed by atoms with E-state index in [1.165, 1.54) is 17.7 Å². The molecule has 6 nitrogen and oxygen atoms in total. The molecule has 27 heavy (non-hydrogen) atoms. The third-order valence-electron chi connectivity index (χ3n) is 4.87. The first-order valence-corrected chi connectivity index (χ1v) is 9.06. The van der Waals surface area contributed by atoms with Crippen molar-refractivity contribution in [2.75, 3.05) is 13.2 Å². The van der Waals surface area contributed by atoms with Crippen molar-refractivity contribution in [3.05, 3.63) is 71.3 Å². The largest absolute Gasteiger partial charge is 0.478 e. The molecule has 0 aliphatic carbocycles. The highest BCUT2D eigenvalue weighted by atomic mass is 16.5. The average Bonchev–Trinajstić information content (AvgIpc) is 2.68. The van der Waals surface area contributed by atoms with Crippen LogP contribution < -0.4 is 10.6 Å². The van der Waals surface area contributed by atoms with Crippen molar-refractivity contribution >= 4 is 12.0 Å². The lowest BCUT2D eigenvalue weighted by Crippen LogP contribution is -2.56. The number of benzene rings is 2. The molecular formula is C21H24N2O4. The fourth-order valence-electron chi connectivity index (χ4n) is 3.33. The van der Waals surface area contributed by atoms with E-state index in [1.54, 1.807) is 12.1 Å². The van der Waals surface area contributed by atoms with Crippen molar-refractivity contribution < 1.29 is 19.4 Å². The Bertz CT molecular complexity index is 769. The van der Waals surface area contributed by atoms with Gasteiger partial charge in [-0.3, -0.25) is 0 Å². The SMILES string of the molecule is O=C(NCc1ccc(C(=O)O)cc1)NC1(Cc2ccccc2)CCOCC1. The fraction of sp³-hybridized carbons (Fsp3) is 0.333. The molecule has 1 aliphatic rings. The summed E-state index contributed by atoms with van der Waals surface area (Å²) >= 11 is 0. The number of aromatic carboxylic acids is 1. The van der Waals surface area contributed by atoms with E-state index in [0.717, 1.165) is 24.8 Å². The number of carbonyl (C=O) groups is 2. The molecule has 0 spiro atoms. The van der Waals surface area contributed by atoms with Gasteiger partial charge in [-0.05, 0) is 42.5 Å². The van der Waals surface area contributed by atoms with Crippen LogP contribution in [0.1, 0.15) is 34.3 Å². The van der Waals surface area contributed by atoms with Crippen molar-refractivity contribution in [3.63, 3.8) is 0 Å². The van der Waals surface area contributed by atoms with Crippen LogP contribution >= 0.6 is 0 Å². The van der Waals surface area contributed by atoms with Gasteiger partial charge in [0.1, 0.15) is 0 Å². The Morgan fingerprint density at radius 3 is 2.26 bits per heavy atom. The quantitative estimate of drug-likeness (QED) is 0.731. The molecule has 3 N–H and O–H groups in total. The summed E-state index contributed by atoms with van der Waals surface area (Å²) in [4.78, 5) is 23.4. The van der Waals surface area contributed by atoms with Crippen LogP contribution in [-0.4, -0.2) is 35.9 Å². The Hall–Kier alpha value is -2.86. The number of urea groups is 1. The Morgan fingerprint density at radius 1 is 0.963 bits per heavy atom. The van der Waals surface area contributed by atoms with E-state index < -0.39 is 5.97 Å². The number of hydrogen-bond donors (Lipinski definition) is 3. The number of hydrogen-bond acceptors (Lipinski definition) is 3. The summed E-state index contributed by atoms with van der Waals surface area (Å²) in [7, 11) is 0. The fourth-order valence-corrected chi connectivity index (χ4v) is 3.33. The molecule has 0 atom stereocenters. The van der Waals surface area contributed by atoms with E-state index in [-0.39, 0.29) is 17.1 Å². The Morgan fingerprint density at radius 2 is 1.63 bits per heavy atom. The molecule has 1 fully saturated rings. The van der Waals surface area contributed by atoms with Gasteiger partial charge in [-0.15, -0.1) is 0 Å². The first-order valence-electron chi connectivity index (χ1n) is 9.06. The lowest BCUT2D eigenvalue weighted by Gasteiger charge is -2.38. The van der Waals surface area contributed by atoms with Gasteiger partial charge in [-0.2, -0.15) is 0 Å². The predicted octanol–water partition coefficient (Wildman–Crippen LogP) is 2.98. The zero-order valence-corrected chi connectivity index (χ0v) is 15.1. The van der Waals surface area contributed by atoms with Gasteiger partial charge in [0.2, 0.25) is 0 Å². The van der Waals surface area contributed by atoms with Crippen LogP contribution in [0.15, 0.2) is 54.6 Å². The van der Waals surface area contributed by atoms with Gasteiger partial charge in [0, 0.05) is 19.8 Å². The zero-order valence-electron chi connectivity index (χ0n) is 15.1. The van der Waals surface area contributed by atoms with Crippen molar-refractivity contribution in [2.45, 2.75) is 31.3 Å². The molecule has 142 valence electrons. The molecule has 0 bridgehead atoms. The smallest absolute Gasteiger partial charge is 0.335 e. The summed E-state index contributed by atoms with van der Waals surface area (Å²) in [5.74, 6) is -0.963. The van der Waals surface area contributed by atoms with Gasteiger partial charge in [-0.25, -0.2) is 9.59 Å². The van der Waals surface area contributed by atoms with Gasteiger partial charge in [0.15, 0.2) is 0 Å². The first-order chi connectivity index (χ1) is 13.1. The number of carbonyl (C=O) groups excluding carboxylic acids is 1. The average molecular weight is 368 g/mol. The normalized spacial score (nSPS) is 15.7. The summed E-state index contributed by atoms with van der Waals surface area (Å²) in [6.45, 7) is 1.59. The summed E-state index contributed by atoms with van der Waals surface area (Å²) < 4.78 is 5.48. The molecule has 3 rings (SSSR count). The molecule has 0 saturated carbocycles.